The van der Waals surface area contributed by atoms with Gasteiger partial charge in [-0.3, -0.25) is 4.79 Å². The van der Waals surface area contributed by atoms with Crippen LogP contribution in [0.25, 0.3) is 10.8 Å². The molecule has 3 rings (SSSR count). The molecule has 138 valence electrons. The van der Waals surface area contributed by atoms with Crippen LogP contribution in [0.1, 0.15) is 33.2 Å². The maximum atomic E-state index is 10.9. The van der Waals surface area contributed by atoms with Gasteiger partial charge in [0.15, 0.2) is 0 Å². The summed E-state index contributed by atoms with van der Waals surface area (Å²) in [6, 6.07) is 18.0. The molecule has 0 heterocycles. The van der Waals surface area contributed by atoms with E-state index in [2.05, 4.69) is 5.32 Å². The second-order valence-corrected chi connectivity index (χ2v) is 5.80. The van der Waals surface area contributed by atoms with Gasteiger partial charge in [0.1, 0.15) is 0 Å². The number of nitrogens with one attached hydrogen (secondary N) is 1. The molecule has 0 aliphatic rings. The fraction of sp³-hybridized carbons (Fsp3) is 0.0952. The third-order valence-corrected chi connectivity index (χ3v) is 3.89. The zero-order valence-corrected chi connectivity index (χ0v) is 14.9. The number of hydrogen-bond acceptors (Lipinski definition) is 3. The predicted octanol–water partition coefficient (Wildman–Crippen LogP) is 4.19. The number of anilines is 1. The average Bonchev–Trinajstić information content (AvgIpc) is 2.62. The van der Waals surface area contributed by atoms with Crippen molar-refractivity contribution in [3.8, 4) is 0 Å². The van der Waals surface area contributed by atoms with E-state index in [-0.39, 0.29) is 22.6 Å². The zero-order chi connectivity index (χ0) is 20.0. The van der Waals surface area contributed by atoms with E-state index in [0.717, 1.165) is 16.5 Å². The Morgan fingerprint density at radius 1 is 0.778 bits per heavy atom. The van der Waals surface area contributed by atoms with E-state index in [1.807, 2.05) is 42.5 Å². The standard InChI is InChI=1S/C12H11NO.C9H8O4/c1-9(14)13-12-8-4-6-10-5-2-3-7-11(10)12;1-5-6(8(10)11)3-2-4-7(5)9(12)13/h2-8H,1H3,(H,13,14);2-4H,1H3,(H,10,11)(H,12,13). The Hall–Kier alpha value is -3.67. The van der Waals surface area contributed by atoms with Crippen LogP contribution in [0.3, 0.4) is 0 Å². The number of fused-ring (bicyclic) bond motifs is 1. The van der Waals surface area contributed by atoms with Gasteiger partial charge in [-0.2, -0.15) is 0 Å². The molecule has 0 saturated carbocycles. The number of amides is 1. The number of aromatic carboxylic acids is 2. The van der Waals surface area contributed by atoms with Gasteiger partial charge in [-0.05, 0) is 36.1 Å². The molecule has 0 radical (unpaired) electrons. The summed E-state index contributed by atoms with van der Waals surface area (Å²) in [6.07, 6.45) is 0. The molecule has 0 atom stereocenters. The topological polar surface area (TPSA) is 104 Å². The molecule has 0 spiro atoms. The van der Waals surface area contributed by atoms with Gasteiger partial charge < -0.3 is 15.5 Å². The van der Waals surface area contributed by atoms with Crippen LogP contribution in [0.5, 0.6) is 0 Å². The third kappa shape index (κ3) is 4.92. The molecule has 6 nitrogen and oxygen atoms in total. The minimum atomic E-state index is -1.11. The summed E-state index contributed by atoms with van der Waals surface area (Å²) in [5, 5.41) is 22.4. The number of carbonyl (C=O) groups excluding carboxylic acids is 1. The van der Waals surface area contributed by atoms with Crippen LogP contribution in [0, 0.1) is 6.92 Å². The fourth-order valence-corrected chi connectivity index (χ4v) is 2.62. The normalized spacial score (nSPS) is 9.85. The van der Waals surface area contributed by atoms with Crippen molar-refractivity contribution in [1.29, 1.82) is 0 Å². The Kier molecular flexibility index (Phi) is 6.27. The van der Waals surface area contributed by atoms with Crippen LogP contribution in [0.4, 0.5) is 5.69 Å². The van der Waals surface area contributed by atoms with Gasteiger partial charge in [0, 0.05) is 18.0 Å². The molecular weight excluding hydrogens is 346 g/mol. The Labute approximate surface area is 156 Å². The minimum absolute atomic E-state index is 0.0277. The van der Waals surface area contributed by atoms with Crippen molar-refractivity contribution in [2.45, 2.75) is 13.8 Å². The fourth-order valence-electron chi connectivity index (χ4n) is 2.62. The van der Waals surface area contributed by atoms with E-state index >= 15 is 0 Å². The number of benzene rings is 3. The number of hydrogen-bond donors (Lipinski definition) is 3. The molecule has 0 fully saturated rings. The van der Waals surface area contributed by atoms with Gasteiger partial charge in [-0.15, -0.1) is 0 Å². The van der Waals surface area contributed by atoms with E-state index in [9.17, 15) is 14.4 Å². The molecule has 27 heavy (non-hydrogen) atoms. The second-order valence-electron chi connectivity index (χ2n) is 5.80. The molecule has 3 N–H and O–H groups in total. The van der Waals surface area contributed by atoms with Crippen LogP contribution in [0.15, 0.2) is 60.7 Å². The predicted molar refractivity (Wildman–Crippen MR) is 103 cm³/mol. The first kappa shape index (κ1) is 19.7. The van der Waals surface area contributed by atoms with Crippen molar-refractivity contribution in [3.63, 3.8) is 0 Å². The first-order chi connectivity index (χ1) is 12.8. The van der Waals surface area contributed by atoms with Gasteiger partial charge in [0.25, 0.3) is 0 Å². The largest absolute Gasteiger partial charge is 0.478 e. The molecule has 3 aromatic carbocycles. The summed E-state index contributed by atoms with van der Waals surface area (Å²) in [5.41, 5.74) is 1.21. The maximum absolute atomic E-state index is 10.9. The third-order valence-electron chi connectivity index (χ3n) is 3.89. The Morgan fingerprint density at radius 2 is 1.30 bits per heavy atom. The van der Waals surface area contributed by atoms with Crippen molar-refractivity contribution < 1.29 is 24.6 Å². The second kappa shape index (κ2) is 8.62. The molecule has 1 amide bonds. The highest BCUT2D eigenvalue weighted by Crippen LogP contribution is 2.22. The summed E-state index contributed by atoms with van der Waals surface area (Å²) in [6.45, 7) is 2.99. The number of carboxylic acids is 2. The van der Waals surface area contributed by atoms with E-state index in [1.54, 1.807) is 0 Å². The van der Waals surface area contributed by atoms with Crippen LogP contribution >= 0.6 is 0 Å². The van der Waals surface area contributed by atoms with Crippen LogP contribution in [-0.4, -0.2) is 28.1 Å². The highest BCUT2D eigenvalue weighted by Gasteiger charge is 2.13. The highest BCUT2D eigenvalue weighted by atomic mass is 16.4. The first-order valence-corrected chi connectivity index (χ1v) is 8.12. The molecule has 0 unspecified atom stereocenters. The molecular formula is C21H19NO5. The number of carboxylic acid groups (broad SMARTS) is 2. The first-order valence-electron chi connectivity index (χ1n) is 8.12. The van der Waals surface area contributed by atoms with Crippen molar-refractivity contribution in [3.05, 3.63) is 77.4 Å². The van der Waals surface area contributed by atoms with E-state index in [4.69, 9.17) is 10.2 Å². The Morgan fingerprint density at radius 3 is 1.85 bits per heavy atom. The zero-order valence-electron chi connectivity index (χ0n) is 14.9. The molecule has 3 aromatic rings. The molecule has 0 bridgehead atoms. The van der Waals surface area contributed by atoms with E-state index in [1.165, 1.54) is 32.0 Å². The van der Waals surface area contributed by atoms with Gasteiger partial charge in [0.2, 0.25) is 5.91 Å². The lowest BCUT2D eigenvalue weighted by Gasteiger charge is -2.05. The van der Waals surface area contributed by atoms with Crippen molar-refractivity contribution in [2.75, 3.05) is 5.32 Å². The molecule has 6 heteroatoms. The van der Waals surface area contributed by atoms with Crippen molar-refractivity contribution >= 4 is 34.3 Å². The van der Waals surface area contributed by atoms with Gasteiger partial charge in [-0.1, -0.05) is 42.5 Å². The van der Waals surface area contributed by atoms with Crippen molar-refractivity contribution in [1.82, 2.24) is 0 Å². The SMILES string of the molecule is CC(=O)Nc1cccc2ccccc12.Cc1c(C(=O)O)cccc1C(=O)O. The molecule has 0 aromatic heterocycles. The van der Waals surface area contributed by atoms with Crippen LogP contribution in [0.2, 0.25) is 0 Å². The summed E-state index contributed by atoms with van der Waals surface area (Å²) in [7, 11) is 0. The minimum Gasteiger partial charge on any atom is -0.478 e. The number of carbonyl (C=O) groups is 3. The Balaban J connectivity index is 0.000000194. The summed E-state index contributed by atoms with van der Waals surface area (Å²) >= 11 is 0. The summed E-state index contributed by atoms with van der Waals surface area (Å²) in [5.74, 6) is -2.26. The van der Waals surface area contributed by atoms with Gasteiger partial charge in [-0.25, -0.2) is 9.59 Å². The monoisotopic (exact) mass is 365 g/mol. The van der Waals surface area contributed by atoms with E-state index < -0.39 is 11.9 Å². The quantitative estimate of drug-likeness (QED) is 0.646. The lowest BCUT2D eigenvalue weighted by atomic mass is 10.0. The molecule has 0 aliphatic carbocycles. The highest BCUT2D eigenvalue weighted by molar-refractivity contribution is 6.01. The lowest BCUT2D eigenvalue weighted by molar-refractivity contribution is -0.114. The number of rotatable bonds is 3. The molecule has 0 saturated heterocycles. The summed E-state index contributed by atoms with van der Waals surface area (Å²) < 4.78 is 0. The maximum Gasteiger partial charge on any atom is 0.335 e. The van der Waals surface area contributed by atoms with Crippen LogP contribution < -0.4 is 5.32 Å². The van der Waals surface area contributed by atoms with Crippen LogP contribution in [-0.2, 0) is 4.79 Å². The summed E-state index contributed by atoms with van der Waals surface area (Å²) in [4.78, 5) is 32.2. The van der Waals surface area contributed by atoms with Gasteiger partial charge >= 0.3 is 11.9 Å². The van der Waals surface area contributed by atoms with Gasteiger partial charge in [0.05, 0.1) is 11.1 Å². The Bertz CT molecular complexity index is 973. The smallest absolute Gasteiger partial charge is 0.335 e. The lowest BCUT2D eigenvalue weighted by Crippen LogP contribution is -2.06. The average molecular weight is 365 g/mol. The van der Waals surface area contributed by atoms with E-state index in [0.29, 0.717) is 0 Å². The molecule has 0 aliphatic heterocycles. The van der Waals surface area contributed by atoms with Crippen molar-refractivity contribution in [2.24, 2.45) is 0 Å².